The van der Waals surface area contributed by atoms with E-state index in [4.69, 9.17) is 25.8 Å². The van der Waals surface area contributed by atoms with Crippen LogP contribution in [0.15, 0.2) is 18.2 Å². The Balaban J connectivity index is 2.72. The van der Waals surface area contributed by atoms with Gasteiger partial charge in [-0.3, -0.25) is 4.79 Å². The zero-order valence-electron chi connectivity index (χ0n) is 13.6. The molecule has 0 bridgehead atoms. The number of benzene rings is 1. The molecule has 0 aromatic heterocycles. The third-order valence-corrected chi connectivity index (χ3v) is 3.49. The summed E-state index contributed by atoms with van der Waals surface area (Å²) in [6.07, 6.45) is -0.631. The predicted molar refractivity (Wildman–Crippen MR) is 86.6 cm³/mol. The van der Waals surface area contributed by atoms with E-state index < -0.39 is 6.10 Å². The second kappa shape index (κ2) is 9.66. The summed E-state index contributed by atoms with van der Waals surface area (Å²) < 4.78 is 15.8. The Hall–Kier alpha value is -1.30. The maximum Gasteiger partial charge on any atom is 0.263 e. The van der Waals surface area contributed by atoms with E-state index in [0.29, 0.717) is 37.1 Å². The number of carbonyl (C=O) groups excluding carboxylic acids is 1. The van der Waals surface area contributed by atoms with Crippen LogP contribution in [0.4, 0.5) is 0 Å². The number of carbonyl (C=O) groups is 1. The van der Waals surface area contributed by atoms with Crippen molar-refractivity contribution in [2.45, 2.75) is 20.0 Å². The van der Waals surface area contributed by atoms with Crippen molar-refractivity contribution in [3.63, 3.8) is 0 Å². The number of aryl methyl sites for hydroxylation is 1. The zero-order chi connectivity index (χ0) is 16.5. The Morgan fingerprint density at radius 2 is 1.82 bits per heavy atom. The molecule has 0 heterocycles. The molecule has 0 aliphatic heterocycles. The van der Waals surface area contributed by atoms with Crippen molar-refractivity contribution in [2.24, 2.45) is 0 Å². The average molecular weight is 330 g/mol. The predicted octanol–water partition coefficient (Wildman–Crippen LogP) is 2.54. The molecule has 5 nitrogen and oxygen atoms in total. The fraction of sp³-hybridized carbons (Fsp3) is 0.562. The van der Waals surface area contributed by atoms with Gasteiger partial charge in [-0.2, -0.15) is 0 Å². The van der Waals surface area contributed by atoms with Crippen LogP contribution in [0.25, 0.3) is 0 Å². The normalized spacial score (nSPS) is 12.0. The molecule has 0 saturated heterocycles. The third-order valence-electron chi connectivity index (χ3n) is 3.18. The van der Waals surface area contributed by atoms with E-state index in [-0.39, 0.29) is 5.91 Å². The fourth-order valence-corrected chi connectivity index (χ4v) is 2.10. The van der Waals surface area contributed by atoms with E-state index in [1.807, 2.05) is 19.1 Å². The van der Waals surface area contributed by atoms with Crippen molar-refractivity contribution in [3.05, 3.63) is 28.8 Å². The first-order valence-electron chi connectivity index (χ1n) is 7.19. The summed E-state index contributed by atoms with van der Waals surface area (Å²) in [6.45, 7) is 5.58. The quantitative estimate of drug-likeness (QED) is 0.698. The van der Waals surface area contributed by atoms with E-state index in [1.165, 1.54) is 0 Å². The number of hydrogen-bond acceptors (Lipinski definition) is 4. The lowest BCUT2D eigenvalue weighted by atomic mass is 10.2. The minimum Gasteiger partial charge on any atom is -0.479 e. The van der Waals surface area contributed by atoms with Crippen molar-refractivity contribution < 1.29 is 19.0 Å². The maximum atomic E-state index is 12.5. The van der Waals surface area contributed by atoms with Crippen molar-refractivity contribution in [3.8, 4) is 5.75 Å². The molecule has 1 atom stereocenters. The van der Waals surface area contributed by atoms with Crippen molar-refractivity contribution in [1.82, 2.24) is 4.90 Å². The lowest BCUT2D eigenvalue weighted by molar-refractivity contribution is -0.139. The molecule has 6 heteroatoms. The highest BCUT2D eigenvalue weighted by atomic mass is 35.5. The molecule has 1 rings (SSSR count). The van der Waals surface area contributed by atoms with Crippen LogP contribution in [-0.4, -0.2) is 57.4 Å². The number of nitrogens with zero attached hydrogens (tertiary/aromatic N) is 1. The van der Waals surface area contributed by atoms with Gasteiger partial charge >= 0.3 is 0 Å². The lowest BCUT2D eigenvalue weighted by Crippen LogP contribution is -2.43. The molecule has 1 aromatic rings. The van der Waals surface area contributed by atoms with Gasteiger partial charge in [0.05, 0.1) is 18.2 Å². The van der Waals surface area contributed by atoms with Crippen LogP contribution in [0.5, 0.6) is 5.75 Å². The van der Waals surface area contributed by atoms with Crippen LogP contribution in [0.2, 0.25) is 5.02 Å². The summed E-state index contributed by atoms with van der Waals surface area (Å²) in [5.74, 6) is 0.396. The average Bonchev–Trinajstić information content (AvgIpc) is 2.50. The first-order chi connectivity index (χ1) is 10.5. The van der Waals surface area contributed by atoms with Crippen molar-refractivity contribution >= 4 is 17.5 Å². The van der Waals surface area contributed by atoms with Gasteiger partial charge in [-0.05, 0) is 31.5 Å². The van der Waals surface area contributed by atoms with Crippen LogP contribution < -0.4 is 4.74 Å². The van der Waals surface area contributed by atoms with E-state index in [1.54, 1.807) is 32.1 Å². The van der Waals surface area contributed by atoms with Crippen LogP contribution in [0.1, 0.15) is 12.5 Å². The second-order valence-electron chi connectivity index (χ2n) is 5.00. The van der Waals surface area contributed by atoms with Crippen LogP contribution in [0.3, 0.4) is 0 Å². The van der Waals surface area contributed by atoms with Crippen LogP contribution in [0, 0.1) is 6.92 Å². The van der Waals surface area contributed by atoms with E-state index >= 15 is 0 Å². The third kappa shape index (κ3) is 5.83. The highest BCUT2D eigenvalue weighted by Gasteiger charge is 2.22. The molecule has 22 heavy (non-hydrogen) atoms. The van der Waals surface area contributed by atoms with Gasteiger partial charge in [0.15, 0.2) is 6.10 Å². The molecule has 124 valence electrons. The molecule has 0 aliphatic carbocycles. The van der Waals surface area contributed by atoms with Gasteiger partial charge in [0.25, 0.3) is 5.91 Å². The Morgan fingerprint density at radius 3 is 2.36 bits per heavy atom. The minimum absolute atomic E-state index is 0.119. The Morgan fingerprint density at radius 1 is 1.23 bits per heavy atom. The Bertz CT molecular complexity index is 473. The molecular formula is C16H24ClNO4. The summed E-state index contributed by atoms with van der Waals surface area (Å²) in [6, 6.07) is 5.48. The van der Waals surface area contributed by atoms with Gasteiger partial charge in [0, 0.05) is 27.3 Å². The number of methoxy groups -OCH3 is 2. The number of ether oxygens (including phenoxy) is 3. The SMILES string of the molecule is COCCN(CCOC)C(=O)C(C)Oc1cc(C)ccc1Cl. The Kier molecular flexibility index (Phi) is 8.24. The summed E-state index contributed by atoms with van der Waals surface area (Å²) in [4.78, 5) is 14.2. The minimum atomic E-state index is -0.631. The van der Waals surface area contributed by atoms with Gasteiger partial charge in [0.2, 0.25) is 0 Å². The number of hydrogen-bond donors (Lipinski definition) is 0. The summed E-state index contributed by atoms with van der Waals surface area (Å²) in [7, 11) is 3.21. The maximum absolute atomic E-state index is 12.5. The lowest BCUT2D eigenvalue weighted by Gasteiger charge is -2.26. The smallest absolute Gasteiger partial charge is 0.263 e. The molecule has 0 radical (unpaired) electrons. The molecule has 1 unspecified atom stereocenters. The van der Waals surface area contributed by atoms with E-state index in [2.05, 4.69) is 0 Å². The number of amides is 1. The molecule has 1 amide bonds. The second-order valence-corrected chi connectivity index (χ2v) is 5.41. The first kappa shape index (κ1) is 18.7. The summed E-state index contributed by atoms with van der Waals surface area (Å²) in [5, 5.41) is 0.491. The van der Waals surface area contributed by atoms with Crippen LogP contribution >= 0.6 is 11.6 Å². The van der Waals surface area contributed by atoms with Gasteiger partial charge in [-0.25, -0.2) is 0 Å². The van der Waals surface area contributed by atoms with E-state index in [9.17, 15) is 4.79 Å². The van der Waals surface area contributed by atoms with Gasteiger partial charge in [0.1, 0.15) is 5.75 Å². The fourth-order valence-electron chi connectivity index (χ4n) is 1.93. The topological polar surface area (TPSA) is 48.0 Å². The highest BCUT2D eigenvalue weighted by Crippen LogP contribution is 2.26. The monoisotopic (exact) mass is 329 g/mol. The summed E-state index contributed by atoms with van der Waals surface area (Å²) >= 11 is 6.10. The highest BCUT2D eigenvalue weighted by molar-refractivity contribution is 6.32. The van der Waals surface area contributed by atoms with Gasteiger partial charge in [-0.15, -0.1) is 0 Å². The van der Waals surface area contributed by atoms with Gasteiger partial charge < -0.3 is 19.1 Å². The Labute approximate surface area is 137 Å². The molecule has 0 spiro atoms. The molecular weight excluding hydrogens is 306 g/mol. The largest absolute Gasteiger partial charge is 0.479 e. The van der Waals surface area contributed by atoms with Crippen molar-refractivity contribution in [2.75, 3.05) is 40.5 Å². The molecule has 0 N–H and O–H groups in total. The number of rotatable bonds is 9. The summed E-state index contributed by atoms with van der Waals surface area (Å²) in [5.41, 5.74) is 1.02. The van der Waals surface area contributed by atoms with E-state index in [0.717, 1.165) is 5.56 Å². The van der Waals surface area contributed by atoms with Crippen molar-refractivity contribution in [1.29, 1.82) is 0 Å². The standard InChI is InChI=1S/C16H24ClNO4/c1-12-5-6-14(17)15(11-12)22-13(2)16(19)18(7-9-20-3)8-10-21-4/h5-6,11,13H,7-10H2,1-4H3. The molecule has 0 saturated carbocycles. The first-order valence-corrected chi connectivity index (χ1v) is 7.56. The molecule has 1 aromatic carbocycles. The number of halogens is 1. The molecule has 0 fully saturated rings. The molecule has 0 aliphatic rings. The zero-order valence-corrected chi connectivity index (χ0v) is 14.4. The van der Waals surface area contributed by atoms with Crippen LogP contribution in [-0.2, 0) is 14.3 Å². The van der Waals surface area contributed by atoms with Gasteiger partial charge in [-0.1, -0.05) is 17.7 Å².